The summed E-state index contributed by atoms with van der Waals surface area (Å²) in [6.45, 7) is 13.0. The number of hydrogen-bond acceptors (Lipinski definition) is 3. The van der Waals surface area contributed by atoms with Gasteiger partial charge in [0.25, 0.3) is 0 Å². The van der Waals surface area contributed by atoms with Gasteiger partial charge in [0.1, 0.15) is 6.17 Å². The van der Waals surface area contributed by atoms with E-state index in [1.165, 1.54) is 0 Å². The van der Waals surface area contributed by atoms with E-state index in [9.17, 15) is 4.39 Å². The fraction of sp³-hybridized carbons (Fsp3) is 1.00. The van der Waals surface area contributed by atoms with E-state index < -0.39 is 6.17 Å². The normalized spacial score (nSPS) is 36.2. The van der Waals surface area contributed by atoms with Crippen molar-refractivity contribution in [1.29, 1.82) is 0 Å². The number of rotatable bonds is 2. The molecule has 0 bridgehead atoms. The summed E-state index contributed by atoms with van der Waals surface area (Å²) >= 11 is 0. The molecule has 2 aliphatic heterocycles. The van der Waals surface area contributed by atoms with E-state index in [-0.39, 0.29) is 11.6 Å². The van der Waals surface area contributed by atoms with Gasteiger partial charge in [0.05, 0.1) is 19.3 Å². The SMILES string of the molecule is C[C@@H]1C[C@@H](F)C(CN2CCOCC2)N1C(C)(C)C. The van der Waals surface area contributed by atoms with Crippen molar-refractivity contribution in [2.75, 3.05) is 32.8 Å². The van der Waals surface area contributed by atoms with E-state index >= 15 is 0 Å². The van der Waals surface area contributed by atoms with E-state index in [2.05, 4.69) is 37.5 Å². The molecule has 0 aromatic heterocycles. The van der Waals surface area contributed by atoms with E-state index in [1.54, 1.807) is 0 Å². The lowest BCUT2D eigenvalue weighted by Gasteiger charge is -2.42. The van der Waals surface area contributed by atoms with Crippen molar-refractivity contribution in [3.63, 3.8) is 0 Å². The van der Waals surface area contributed by atoms with Gasteiger partial charge in [-0.1, -0.05) is 0 Å². The molecule has 0 aromatic carbocycles. The fourth-order valence-electron chi connectivity index (χ4n) is 3.51. The van der Waals surface area contributed by atoms with Crippen LogP contribution < -0.4 is 0 Å². The lowest BCUT2D eigenvalue weighted by molar-refractivity contribution is 0.00161. The van der Waals surface area contributed by atoms with Gasteiger partial charge in [-0.3, -0.25) is 9.80 Å². The third kappa shape index (κ3) is 3.03. The molecule has 0 N–H and O–H groups in total. The second kappa shape index (κ2) is 5.43. The van der Waals surface area contributed by atoms with Gasteiger partial charge in [-0.05, 0) is 34.1 Å². The van der Waals surface area contributed by atoms with Gasteiger partial charge in [-0.25, -0.2) is 4.39 Å². The quantitative estimate of drug-likeness (QED) is 0.752. The molecule has 3 nitrogen and oxygen atoms in total. The number of halogens is 1. The Kier molecular flexibility index (Phi) is 4.29. The first-order valence-corrected chi connectivity index (χ1v) is 7.12. The van der Waals surface area contributed by atoms with Gasteiger partial charge in [-0.2, -0.15) is 0 Å². The molecule has 0 spiro atoms. The zero-order chi connectivity index (χ0) is 13.3. The average molecular weight is 258 g/mol. The van der Waals surface area contributed by atoms with Crippen LogP contribution in [0.4, 0.5) is 4.39 Å². The Bertz CT molecular complexity index is 273. The Labute approximate surface area is 110 Å². The van der Waals surface area contributed by atoms with Crippen molar-refractivity contribution < 1.29 is 9.13 Å². The van der Waals surface area contributed by atoms with E-state index in [1.807, 2.05) is 0 Å². The van der Waals surface area contributed by atoms with Gasteiger partial charge in [0, 0.05) is 31.2 Å². The number of alkyl halides is 1. The Balaban J connectivity index is 2.03. The Morgan fingerprint density at radius 3 is 2.39 bits per heavy atom. The van der Waals surface area contributed by atoms with Crippen LogP contribution in [0.3, 0.4) is 0 Å². The lowest BCUT2D eigenvalue weighted by Crippen LogP contribution is -2.54. The van der Waals surface area contributed by atoms with E-state index in [0.717, 1.165) is 32.8 Å². The highest BCUT2D eigenvalue weighted by Gasteiger charge is 2.44. The maximum atomic E-state index is 14.3. The maximum absolute atomic E-state index is 14.3. The smallest absolute Gasteiger partial charge is 0.118 e. The first kappa shape index (κ1) is 14.2. The predicted molar refractivity (Wildman–Crippen MR) is 71.6 cm³/mol. The molecule has 0 radical (unpaired) electrons. The molecular formula is C14H27FN2O. The molecule has 2 fully saturated rings. The molecule has 2 rings (SSSR count). The molecule has 0 amide bonds. The van der Waals surface area contributed by atoms with E-state index in [4.69, 9.17) is 4.74 Å². The molecule has 2 heterocycles. The topological polar surface area (TPSA) is 15.7 Å². The molecule has 4 heteroatoms. The third-order valence-corrected chi connectivity index (χ3v) is 4.14. The van der Waals surface area contributed by atoms with Crippen LogP contribution in [0.15, 0.2) is 0 Å². The van der Waals surface area contributed by atoms with Crippen LogP contribution in [0, 0.1) is 0 Å². The van der Waals surface area contributed by atoms with Crippen LogP contribution in [0.1, 0.15) is 34.1 Å². The van der Waals surface area contributed by atoms with E-state index in [0.29, 0.717) is 12.5 Å². The molecule has 106 valence electrons. The highest BCUT2D eigenvalue weighted by Crippen LogP contribution is 2.34. The van der Waals surface area contributed by atoms with Crippen LogP contribution in [-0.2, 0) is 4.74 Å². The van der Waals surface area contributed by atoms with Gasteiger partial charge >= 0.3 is 0 Å². The number of nitrogens with zero attached hydrogens (tertiary/aromatic N) is 2. The summed E-state index contributed by atoms with van der Waals surface area (Å²) in [6, 6.07) is 0.379. The monoisotopic (exact) mass is 258 g/mol. The lowest BCUT2D eigenvalue weighted by atomic mass is 10.0. The minimum atomic E-state index is -0.693. The summed E-state index contributed by atoms with van der Waals surface area (Å²) in [6.07, 6.45) is -0.0196. The molecule has 1 unspecified atom stereocenters. The average Bonchev–Trinajstić information content (AvgIpc) is 2.54. The third-order valence-electron chi connectivity index (χ3n) is 4.14. The van der Waals surface area contributed by atoms with Gasteiger partial charge < -0.3 is 4.74 Å². The van der Waals surface area contributed by atoms with Crippen molar-refractivity contribution in [2.24, 2.45) is 0 Å². The Morgan fingerprint density at radius 2 is 1.83 bits per heavy atom. The van der Waals surface area contributed by atoms with Gasteiger partial charge in [0.2, 0.25) is 0 Å². The van der Waals surface area contributed by atoms with Gasteiger partial charge in [0.15, 0.2) is 0 Å². The zero-order valence-corrected chi connectivity index (χ0v) is 12.2. The summed E-state index contributed by atoms with van der Waals surface area (Å²) < 4.78 is 19.6. The molecule has 0 saturated carbocycles. The second-order valence-electron chi connectivity index (χ2n) is 6.66. The summed E-state index contributed by atoms with van der Waals surface area (Å²) in [7, 11) is 0. The number of hydrogen-bond donors (Lipinski definition) is 0. The predicted octanol–water partition coefficient (Wildman–Crippen LogP) is 1.92. The number of morpholine rings is 1. The van der Waals surface area contributed by atoms with Crippen LogP contribution in [0.25, 0.3) is 0 Å². The van der Waals surface area contributed by atoms with Gasteiger partial charge in [-0.15, -0.1) is 0 Å². The summed E-state index contributed by atoms with van der Waals surface area (Å²) in [5, 5.41) is 0. The first-order valence-electron chi connectivity index (χ1n) is 7.12. The Hall–Kier alpha value is -0.190. The molecule has 0 aliphatic carbocycles. The van der Waals surface area contributed by atoms with Crippen molar-refractivity contribution in [2.45, 2.75) is 57.9 Å². The largest absolute Gasteiger partial charge is 0.379 e. The van der Waals surface area contributed by atoms with Crippen LogP contribution in [0.5, 0.6) is 0 Å². The molecule has 3 atom stereocenters. The summed E-state index contributed by atoms with van der Waals surface area (Å²) in [4.78, 5) is 4.71. The number of likely N-dealkylation sites (tertiary alicyclic amines) is 1. The van der Waals surface area contributed by atoms with Crippen molar-refractivity contribution in [1.82, 2.24) is 9.80 Å². The minimum absolute atomic E-state index is 0.0389. The highest BCUT2D eigenvalue weighted by atomic mass is 19.1. The van der Waals surface area contributed by atoms with Crippen molar-refractivity contribution >= 4 is 0 Å². The highest BCUT2D eigenvalue weighted by molar-refractivity contribution is 4.99. The zero-order valence-electron chi connectivity index (χ0n) is 12.2. The van der Waals surface area contributed by atoms with Crippen molar-refractivity contribution in [3.8, 4) is 0 Å². The van der Waals surface area contributed by atoms with Crippen LogP contribution >= 0.6 is 0 Å². The van der Waals surface area contributed by atoms with Crippen LogP contribution in [-0.4, -0.2) is 66.4 Å². The molecule has 2 aliphatic rings. The van der Waals surface area contributed by atoms with Crippen molar-refractivity contribution in [3.05, 3.63) is 0 Å². The Morgan fingerprint density at radius 1 is 1.22 bits per heavy atom. The molecule has 18 heavy (non-hydrogen) atoms. The first-order chi connectivity index (χ1) is 8.39. The molecule has 2 saturated heterocycles. The molecule has 0 aromatic rings. The standard InChI is InChI=1S/C14H27FN2O/c1-11-9-12(15)13(17(11)14(2,3)4)10-16-5-7-18-8-6-16/h11-13H,5-10H2,1-4H3/t11-,12-,13?/m1/s1. The van der Waals surface area contributed by atoms with Crippen LogP contribution in [0.2, 0.25) is 0 Å². The fourth-order valence-corrected chi connectivity index (χ4v) is 3.51. The number of ether oxygens (including phenoxy) is 1. The maximum Gasteiger partial charge on any atom is 0.118 e. The second-order valence-corrected chi connectivity index (χ2v) is 6.66. The minimum Gasteiger partial charge on any atom is -0.379 e. The summed E-state index contributed by atoms with van der Waals surface area (Å²) in [5.74, 6) is 0. The summed E-state index contributed by atoms with van der Waals surface area (Å²) in [5.41, 5.74) is 0.0389. The molecular weight excluding hydrogens is 231 g/mol.